The molecule has 0 fully saturated rings. The van der Waals surface area contributed by atoms with Crippen LogP contribution >= 0.6 is 11.3 Å². The molecule has 1 aromatic rings. The van der Waals surface area contributed by atoms with Crippen LogP contribution < -0.4 is 5.32 Å². The molecule has 0 aliphatic carbocycles. The van der Waals surface area contributed by atoms with Gasteiger partial charge in [-0.05, 0) is 18.8 Å². The summed E-state index contributed by atoms with van der Waals surface area (Å²) in [5.41, 5.74) is 1.09. The monoisotopic (exact) mass is 270 g/mol. The molecule has 0 spiro atoms. The fourth-order valence-corrected chi connectivity index (χ4v) is 2.11. The Kier molecular flexibility index (Phi) is 5.59. The van der Waals surface area contributed by atoms with Crippen molar-refractivity contribution in [2.45, 2.75) is 40.5 Å². The number of thiazole rings is 1. The van der Waals surface area contributed by atoms with Gasteiger partial charge >= 0.3 is 5.97 Å². The molecule has 0 aromatic carbocycles. The Morgan fingerprint density at radius 3 is 2.83 bits per heavy atom. The first-order chi connectivity index (χ1) is 8.40. The van der Waals surface area contributed by atoms with Gasteiger partial charge in [-0.1, -0.05) is 20.8 Å². The summed E-state index contributed by atoms with van der Waals surface area (Å²) in [6.07, 6.45) is 1.34. The smallest absolute Gasteiger partial charge is 0.311 e. The zero-order valence-electron chi connectivity index (χ0n) is 11.6. The summed E-state index contributed by atoms with van der Waals surface area (Å²) in [6, 6.07) is 0. The lowest BCUT2D eigenvalue weighted by atomic mass is 9.92. The standard InChI is InChI=1S/C13H22N2O2S/c1-5-17-11(16)8-10-9-18-12(15-10)14-7-6-13(2,3)4/h9H,5-8H2,1-4H3,(H,14,15). The van der Waals surface area contributed by atoms with E-state index in [9.17, 15) is 4.79 Å². The minimum absolute atomic E-state index is 0.218. The summed E-state index contributed by atoms with van der Waals surface area (Å²) < 4.78 is 4.89. The normalized spacial score (nSPS) is 11.3. The Morgan fingerprint density at radius 2 is 2.22 bits per heavy atom. The molecule has 0 saturated carbocycles. The molecule has 0 radical (unpaired) electrons. The van der Waals surface area contributed by atoms with Crippen molar-refractivity contribution in [3.8, 4) is 0 Å². The highest BCUT2D eigenvalue weighted by Gasteiger charge is 2.11. The van der Waals surface area contributed by atoms with Crippen LogP contribution in [0, 0.1) is 5.41 Å². The molecule has 18 heavy (non-hydrogen) atoms. The zero-order chi connectivity index (χ0) is 13.6. The number of carbonyl (C=O) groups excluding carboxylic acids is 1. The Balaban J connectivity index is 2.37. The number of carbonyl (C=O) groups is 1. The number of rotatable bonds is 6. The van der Waals surface area contributed by atoms with Gasteiger partial charge in [0.2, 0.25) is 0 Å². The van der Waals surface area contributed by atoms with Crippen LogP contribution in [0.15, 0.2) is 5.38 Å². The van der Waals surface area contributed by atoms with E-state index in [4.69, 9.17) is 4.74 Å². The predicted octanol–water partition coefficient (Wildman–Crippen LogP) is 3.10. The van der Waals surface area contributed by atoms with Crippen molar-refractivity contribution >= 4 is 22.4 Å². The number of nitrogens with one attached hydrogen (secondary N) is 1. The van der Waals surface area contributed by atoms with Crippen molar-refractivity contribution < 1.29 is 9.53 Å². The van der Waals surface area contributed by atoms with Crippen LogP contribution in [-0.2, 0) is 16.0 Å². The fraction of sp³-hybridized carbons (Fsp3) is 0.692. The van der Waals surface area contributed by atoms with Gasteiger partial charge in [0.1, 0.15) is 0 Å². The van der Waals surface area contributed by atoms with E-state index in [0.717, 1.165) is 23.8 Å². The molecule has 1 aromatic heterocycles. The average Bonchev–Trinajstić information content (AvgIpc) is 2.64. The molecule has 0 amide bonds. The van der Waals surface area contributed by atoms with Crippen molar-refractivity contribution in [2.24, 2.45) is 5.41 Å². The molecule has 1 N–H and O–H groups in total. The topological polar surface area (TPSA) is 51.2 Å². The third kappa shape index (κ3) is 6.00. The van der Waals surface area contributed by atoms with Gasteiger partial charge in [0.15, 0.2) is 5.13 Å². The van der Waals surface area contributed by atoms with E-state index in [-0.39, 0.29) is 12.4 Å². The third-order valence-corrected chi connectivity index (χ3v) is 3.18. The fourth-order valence-electron chi connectivity index (χ4n) is 1.37. The summed E-state index contributed by atoms with van der Waals surface area (Å²) in [7, 11) is 0. The van der Waals surface area contributed by atoms with Crippen molar-refractivity contribution in [3.63, 3.8) is 0 Å². The number of nitrogens with zero attached hydrogens (tertiary/aromatic N) is 1. The Hall–Kier alpha value is -1.10. The lowest BCUT2D eigenvalue weighted by molar-refractivity contribution is -0.142. The quantitative estimate of drug-likeness (QED) is 0.807. The number of hydrogen-bond acceptors (Lipinski definition) is 5. The molecule has 0 atom stereocenters. The van der Waals surface area contributed by atoms with Crippen molar-refractivity contribution in [2.75, 3.05) is 18.5 Å². The zero-order valence-corrected chi connectivity index (χ0v) is 12.4. The van der Waals surface area contributed by atoms with E-state index in [2.05, 4.69) is 31.1 Å². The lowest BCUT2D eigenvalue weighted by Gasteiger charge is -2.17. The first-order valence-electron chi connectivity index (χ1n) is 6.24. The maximum absolute atomic E-state index is 11.3. The molecule has 0 unspecified atom stereocenters. The molecule has 0 saturated heterocycles. The summed E-state index contributed by atoms with van der Waals surface area (Å²) >= 11 is 1.53. The van der Waals surface area contributed by atoms with Gasteiger partial charge in [-0.15, -0.1) is 11.3 Å². The molecule has 1 heterocycles. The number of anilines is 1. The minimum atomic E-state index is -0.218. The molecule has 0 bridgehead atoms. The summed E-state index contributed by atoms with van der Waals surface area (Å²) in [4.78, 5) is 15.6. The van der Waals surface area contributed by atoms with Crippen LogP contribution in [0.5, 0.6) is 0 Å². The van der Waals surface area contributed by atoms with E-state index in [1.54, 1.807) is 6.92 Å². The molecule has 5 heteroatoms. The van der Waals surface area contributed by atoms with Crippen molar-refractivity contribution in [3.05, 3.63) is 11.1 Å². The van der Waals surface area contributed by atoms with Crippen LogP contribution in [0.25, 0.3) is 0 Å². The van der Waals surface area contributed by atoms with Crippen LogP contribution in [0.3, 0.4) is 0 Å². The van der Waals surface area contributed by atoms with Crippen molar-refractivity contribution in [1.29, 1.82) is 0 Å². The highest BCUT2D eigenvalue weighted by molar-refractivity contribution is 7.13. The average molecular weight is 270 g/mol. The van der Waals surface area contributed by atoms with Gasteiger partial charge in [-0.2, -0.15) is 0 Å². The van der Waals surface area contributed by atoms with Crippen LogP contribution in [0.4, 0.5) is 5.13 Å². The first-order valence-corrected chi connectivity index (χ1v) is 7.12. The van der Waals surface area contributed by atoms with Gasteiger partial charge in [0, 0.05) is 11.9 Å². The van der Waals surface area contributed by atoms with E-state index in [1.165, 1.54) is 11.3 Å². The van der Waals surface area contributed by atoms with Crippen LogP contribution in [-0.4, -0.2) is 24.1 Å². The lowest BCUT2D eigenvalue weighted by Crippen LogP contribution is -2.13. The number of aromatic nitrogens is 1. The number of hydrogen-bond donors (Lipinski definition) is 1. The van der Waals surface area contributed by atoms with Crippen LogP contribution in [0.2, 0.25) is 0 Å². The summed E-state index contributed by atoms with van der Waals surface area (Å²) in [5.74, 6) is -0.218. The second-order valence-corrected chi connectivity index (χ2v) is 6.22. The van der Waals surface area contributed by atoms with E-state index >= 15 is 0 Å². The highest BCUT2D eigenvalue weighted by atomic mass is 32.1. The molecule has 1 rings (SSSR count). The van der Waals surface area contributed by atoms with E-state index < -0.39 is 0 Å². The number of ether oxygens (including phenoxy) is 1. The predicted molar refractivity (Wildman–Crippen MR) is 75.0 cm³/mol. The molecule has 102 valence electrons. The van der Waals surface area contributed by atoms with Crippen LogP contribution in [0.1, 0.15) is 39.8 Å². The highest BCUT2D eigenvalue weighted by Crippen LogP contribution is 2.20. The summed E-state index contributed by atoms with van der Waals surface area (Å²) in [5, 5.41) is 6.05. The maximum atomic E-state index is 11.3. The van der Waals surface area contributed by atoms with Gasteiger partial charge < -0.3 is 10.1 Å². The number of esters is 1. The van der Waals surface area contributed by atoms with Crippen molar-refractivity contribution in [1.82, 2.24) is 4.98 Å². The molecular formula is C13H22N2O2S. The largest absolute Gasteiger partial charge is 0.466 e. The Morgan fingerprint density at radius 1 is 1.50 bits per heavy atom. The SMILES string of the molecule is CCOC(=O)Cc1csc(NCCC(C)(C)C)n1. The molecule has 0 aliphatic rings. The van der Waals surface area contributed by atoms with Gasteiger partial charge in [0.25, 0.3) is 0 Å². The summed E-state index contributed by atoms with van der Waals surface area (Å²) in [6.45, 7) is 9.75. The molecular weight excluding hydrogens is 248 g/mol. The maximum Gasteiger partial charge on any atom is 0.311 e. The van der Waals surface area contributed by atoms with Gasteiger partial charge in [-0.3, -0.25) is 4.79 Å². The Bertz CT molecular complexity index is 383. The minimum Gasteiger partial charge on any atom is -0.466 e. The second kappa shape index (κ2) is 6.73. The molecule has 4 nitrogen and oxygen atoms in total. The van der Waals surface area contributed by atoms with Gasteiger partial charge in [0.05, 0.1) is 18.7 Å². The third-order valence-electron chi connectivity index (χ3n) is 2.33. The van der Waals surface area contributed by atoms with Gasteiger partial charge in [-0.25, -0.2) is 4.98 Å². The Labute approximate surface area is 113 Å². The molecule has 0 aliphatic heterocycles. The van der Waals surface area contributed by atoms with E-state index in [0.29, 0.717) is 12.0 Å². The first kappa shape index (κ1) is 15.0. The second-order valence-electron chi connectivity index (χ2n) is 5.36. The van der Waals surface area contributed by atoms with E-state index in [1.807, 2.05) is 5.38 Å².